The zero-order valence-electron chi connectivity index (χ0n) is 19.3. The number of piperidine rings is 1. The fourth-order valence-corrected chi connectivity index (χ4v) is 5.07. The molecule has 9 heteroatoms. The van der Waals surface area contributed by atoms with Crippen molar-refractivity contribution in [2.24, 2.45) is 0 Å². The van der Waals surface area contributed by atoms with Crippen molar-refractivity contribution in [3.63, 3.8) is 0 Å². The number of amides is 1. The van der Waals surface area contributed by atoms with Crippen LogP contribution in [0.15, 0.2) is 49.2 Å². The predicted molar refractivity (Wildman–Crippen MR) is 129 cm³/mol. The smallest absolute Gasteiger partial charge is 0.261 e. The van der Waals surface area contributed by atoms with Crippen LogP contribution < -0.4 is 15.0 Å². The minimum absolute atomic E-state index is 0.224. The first kappa shape index (κ1) is 20.7. The zero-order chi connectivity index (χ0) is 23.3. The van der Waals surface area contributed by atoms with E-state index >= 15 is 0 Å². The van der Waals surface area contributed by atoms with Gasteiger partial charge in [0.1, 0.15) is 22.7 Å². The monoisotopic (exact) mass is 457 g/mol. The van der Waals surface area contributed by atoms with Crippen molar-refractivity contribution >= 4 is 22.9 Å². The lowest BCUT2D eigenvalue weighted by Crippen LogP contribution is -2.34. The van der Waals surface area contributed by atoms with Crippen LogP contribution in [-0.2, 0) is 6.42 Å². The number of aromatic amines is 1. The highest BCUT2D eigenvalue weighted by Crippen LogP contribution is 2.43. The molecule has 0 aliphatic carbocycles. The summed E-state index contributed by atoms with van der Waals surface area (Å²) >= 11 is 0. The zero-order valence-corrected chi connectivity index (χ0v) is 19.3. The van der Waals surface area contributed by atoms with Gasteiger partial charge in [-0.15, -0.1) is 0 Å². The van der Waals surface area contributed by atoms with Crippen molar-refractivity contribution in [2.45, 2.75) is 44.6 Å². The number of benzene rings is 1. The van der Waals surface area contributed by atoms with Crippen LogP contribution in [0.4, 0.5) is 11.4 Å². The Morgan fingerprint density at radius 3 is 2.85 bits per heavy atom. The van der Waals surface area contributed by atoms with Gasteiger partial charge in [0.05, 0.1) is 17.6 Å². The molecule has 4 aromatic rings. The van der Waals surface area contributed by atoms with E-state index in [2.05, 4.69) is 56.2 Å². The third-order valence-corrected chi connectivity index (χ3v) is 6.70. The largest absolute Gasteiger partial charge is 0.487 e. The van der Waals surface area contributed by atoms with E-state index in [1.807, 2.05) is 12.4 Å². The van der Waals surface area contributed by atoms with E-state index < -0.39 is 0 Å². The van der Waals surface area contributed by atoms with Crippen LogP contribution in [-0.4, -0.2) is 49.2 Å². The van der Waals surface area contributed by atoms with Crippen LogP contribution in [0.5, 0.6) is 5.75 Å². The topological polar surface area (TPSA) is 100 Å². The molecule has 0 radical (unpaired) electrons. The van der Waals surface area contributed by atoms with Crippen LogP contribution in [0.25, 0.3) is 5.65 Å². The SMILES string of the molecule is CC1(C)Cc2cc(NC(=O)c3cnn4cccnc34)c(N3CCC(c4ncc[nH]4)CC3)cc2O1. The van der Waals surface area contributed by atoms with Crippen molar-refractivity contribution in [1.29, 1.82) is 0 Å². The summed E-state index contributed by atoms with van der Waals surface area (Å²) in [5.41, 5.74) is 3.59. The van der Waals surface area contributed by atoms with Crippen molar-refractivity contribution < 1.29 is 9.53 Å². The van der Waals surface area contributed by atoms with Crippen LogP contribution in [0.3, 0.4) is 0 Å². The first-order valence-corrected chi connectivity index (χ1v) is 11.7. The Balaban J connectivity index is 1.31. The van der Waals surface area contributed by atoms with Gasteiger partial charge < -0.3 is 19.9 Å². The summed E-state index contributed by atoms with van der Waals surface area (Å²) in [5.74, 6) is 2.13. The number of nitrogens with one attached hydrogen (secondary N) is 2. The predicted octanol–water partition coefficient (Wildman–Crippen LogP) is 3.80. The highest BCUT2D eigenvalue weighted by Gasteiger charge is 2.33. The number of carbonyl (C=O) groups is 1. The van der Waals surface area contributed by atoms with Gasteiger partial charge >= 0.3 is 0 Å². The Labute approximate surface area is 197 Å². The molecule has 1 saturated heterocycles. The fraction of sp³-hybridized carbons (Fsp3) is 0.360. The van der Waals surface area contributed by atoms with Crippen LogP contribution in [0.2, 0.25) is 0 Å². The molecule has 34 heavy (non-hydrogen) atoms. The maximum Gasteiger partial charge on any atom is 0.261 e. The van der Waals surface area contributed by atoms with Gasteiger partial charge in [0.15, 0.2) is 5.65 Å². The van der Waals surface area contributed by atoms with E-state index in [4.69, 9.17) is 4.74 Å². The fourth-order valence-electron chi connectivity index (χ4n) is 5.07. The summed E-state index contributed by atoms with van der Waals surface area (Å²) in [6.07, 6.45) is 11.5. The highest BCUT2D eigenvalue weighted by atomic mass is 16.5. The van der Waals surface area contributed by atoms with E-state index in [0.29, 0.717) is 17.1 Å². The molecule has 1 amide bonds. The van der Waals surface area contributed by atoms with Gasteiger partial charge in [-0.25, -0.2) is 14.5 Å². The summed E-state index contributed by atoms with van der Waals surface area (Å²) in [6.45, 7) is 5.91. The minimum Gasteiger partial charge on any atom is -0.487 e. The molecule has 6 rings (SSSR count). The Hall–Kier alpha value is -3.88. The number of hydrogen-bond acceptors (Lipinski definition) is 6. The number of H-pyrrole nitrogens is 1. The quantitative estimate of drug-likeness (QED) is 0.483. The molecule has 2 aliphatic heterocycles. The lowest BCUT2D eigenvalue weighted by molar-refractivity contribution is 0.102. The normalized spacial score (nSPS) is 17.5. The molecule has 5 heterocycles. The molecule has 0 spiro atoms. The van der Waals surface area contributed by atoms with Crippen LogP contribution >= 0.6 is 0 Å². The molecule has 1 aromatic carbocycles. The molecule has 2 N–H and O–H groups in total. The Kier molecular flexibility index (Phi) is 4.79. The van der Waals surface area contributed by atoms with Crippen molar-refractivity contribution in [3.8, 4) is 5.75 Å². The van der Waals surface area contributed by atoms with Crippen molar-refractivity contribution in [2.75, 3.05) is 23.3 Å². The molecule has 2 aliphatic rings. The lowest BCUT2D eigenvalue weighted by atomic mass is 9.95. The lowest BCUT2D eigenvalue weighted by Gasteiger charge is -2.34. The maximum absolute atomic E-state index is 13.3. The van der Waals surface area contributed by atoms with E-state index in [9.17, 15) is 4.79 Å². The number of nitrogens with zero attached hydrogens (tertiary/aromatic N) is 5. The average molecular weight is 458 g/mol. The molecule has 9 nitrogen and oxygen atoms in total. The van der Waals surface area contributed by atoms with E-state index in [-0.39, 0.29) is 11.5 Å². The van der Waals surface area contributed by atoms with Gasteiger partial charge in [-0.05, 0) is 38.8 Å². The van der Waals surface area contributed by atoms with Crippen LogP contribution in [0, 0.1) is 0 Å². The third kappa shape index (κ3) is 3.67. The van der Waals surface area contributed by atoms with Crippen molar-refractivity contribution in [1.82, 2.24) is 24.6 Å². The van der Waals surface area contributed by atoms with Gasteiger partial charge in [-0.3, -0.25) is 4.79 Å². The summed E-state index contributed by atoms with van der Waals surface area (Å²) in [5, 5.41) is 7.41. The molecule has 0 bridgehead atoms. The maximum atomic E-state index is 13.3. The standard InChI is InChI=1S/C25H27N7O2/c1-25(2)14-17-12-19(30-24(33)18-15-29-32-9-3-6-28-23(18)32)20(13-21(17)34-25)31-10-4-16(5-11-31)22-26-7-8-27-22/h3,6-9,12-13,15-16H,4-5,10-11,14H2,1-2H3,(H,26,27)(H,30,33). The second-order valence-corrected chi connectivity index (χ2v) is 9.65. The van der Waals surface area contributed by atoms with Crippen LogP contribution in [0.1, 0.15) is 54.4 Å². The number of rotatable bonds is 4. The number of carbonyl (C=O) groups excluding carboxylic acids is 1. The number of fused-ring (bicyclic) bond motifs is 2. The minimum atomic E-state index is -0.263. The summed E-state index contributed by atoms with van der Waals surface area (Å²) < 4.78 is 7.82. The van der Waals surface area contributed by atoms with Gasteiger partial charge in [0.25, 0.3) is 5.91 Å². The molecular formula is C25H27N7O2. The van der Waals surface area contributed by atoms with Gasteiger partial charge in [-0.2, -0.15) is 5.10 Å². The first-order valence-electron chi connectivity index (χ1n) is 11.7. The first-order chi connectivity index (χ1) is 16.5. The molecule has 0 unspecified atom stereocenters. The van der Waals surface area contributed by atoms with Crippen molar-refractivity contribution in [3.05, 3.63) is 66.1 Å². The molecule has 174 valence electrons. The molecular weight excluding hydrogens is 430 g/mol. The second-order valence-electron chi connectivity index (χ2n) is 9.65. The van der Waals surface area contributed by atoms with Gasteiger partial charge in [0, 0.05) is 61.8 Å². The van der Waals surface area contributed by atoms with Gasteiger partial charge in [-0.1, -0.05) is 0 Å². The highest BCUT2D eigenvalue weighted by molar-refractivity contribution is 6.09. The summed E-state index contributed by atoms with van der Waals surface area (Å²) in [4.78, 5) is 27.6. The number of ether oxygens (including phenoxy) is 1. The van der Waals surface area contributed by atoms with E-state index in [0.717, 1.165) is 60.9 Å². The number of imidazole rings is 1. The van der Waals surface area contributed by atoms with Gasteiger partial charge in [0.2, 0.25) is 0 Å². The average Bonchev–Trinajstić information content (AvgIpc) is 3.56. The number of aromatic nitrogens is 5. The Morgan fingerprint density at radius 1 is 1.21 bits per heavy atom. The summed E-state index contributed by atoms with van der Waals surface area (Å²) in [7, 11) is 0. The number of hydrogen-bond donors (Lipinski definition) is 2. The van der Waals surface area contributed by atoms with E-state index in [1.165, 1.54) is 0 Å². The Morgan fingerprint density at radius 2 is 2.06 bits per heavy atom. The third-order valence-electron chi connectivity index (χ3n) is 6.70. The molecule has 0 saturated carbocycles. The summed E-state index contributed by atoms with van der Waals surface area (Å²) in [6, 6.07) is 5.94. The molecule has 0 atom stereocenters. The number of anilines is 2. The molecule has 1 fully saturated rings. The Bertz CT molecular complexity index is 1350. The van der Waals surface area contributed by atoms with E-state index in [1.54, 1.807) is 29.2 Å². The molecule has 3 aromatic heterocycles. The second kappa shape index (κ2) is 7.86.